The van der Waals surface area contributed by atoms with E-state index in [1.54, 1.807) is 49.7 Å². The van der Waals surface area contributed by atoms with E-state index in [1.807, 2.05) is 12.1 Å². The number of anilines is 4. The second-order valence-electron chi connectivity index (χ2n) is 16.6. The second kappa shape index (κ2) is 16.7. The van der Waals surface area contributed by atoms with E-state index in [-0.39, 0.29) is 0 Å². The normalized spacial score (nSPS) is 16.2. The third-order valence-corrected chi connectivity index (χ3v) is 12.4. The third-order valence-electron chi connectivity index (χ3n) is 12.4. The average molecular weight is 843 g/mol. The van der Waals surface area contributed by atoms with Gasteiger partial charge in [-0.15, -0.1) is 0 Å². The Kier molecular flexibility index (Phi) is 10.1. The van der Waals surface area contributed by atoms with Crippen molar-refractivity contribution < 1.29 is 0 Å². The monoisotopic (exact) mass is 842 g/mol. The summed E-state index contributed by atoms with van der Waals surface area (Å²) in [6.45, 7) is 3.68. The summed E-state index contributed by atoms with van der Waals surface area (Å²) in [5, 5.41) is 9.91. The van der Waals surface area contributed by atoms with Gasteiger partial charge in [0, 0.05) is 142 Å². The first kappa shape index (κ1) is 38.9. The first-order chi connectivity index (χ1) is 31.5. The van der Waals surface area contributed by atoms with Crippen LogP contribution in [-0.4, -0.2) is 87.3 Å². The number of hydrogen-bond donors (Lipinski definition) is 2. The molecular weight excluding hydrogens is 797 g/mol. The predicted octanol–water partition coefficient (Wildman–Crippen LogP) is 8.54. The molecule has 2 aliphatic rings. The van der Waals surface area contributed by atoms with Crippen LogP contribution in [0.2, 0.25) is 0 Å². The van der Waals surface area contributed by atoms with Crippen molar-refractivity contribution in [3.05, 3.63) is 147 Å². The van der Waals surface area contributed by atoms with Crippen molar-refractivity contribution in [1.82, 2.24) is 49.0 Å². The van der Waals surface area contributed by atoms with Gasteiger partial charge in [-0.1, -0.05) is 24.3 Å². The van der Waals surface area contributed by atoms with Crippen LogP contribution in [0.5, 0.6) is 0 Å². The van der Waals surface area contributed by atoms with E-state index in [9.17, 15) is 0 Å². The summed E-state index contributed by atoms with van der Waals surface area (Å²) < 4.78 is 4.29. The number of hydrogen-bond acceptors (Lipinski definition) is 12. The molecule has 12 rings (SSSR count). The van der Waals surface area contributed by atoms with Gasteiger partial charge in [-0.3, -0.25) is 19.9 Å². The van der Waals surface area contributed by atoms with Gasteiger partial charge in [0.05, 0.1) is 22.1 Å². The minimum atomic E-state index is 0.316. The van der Waals surface area contributed by atoms with E-state index in [0.717, 1.165) is 106 Å². The third kappa shape index (κ3) is 7.74. The zero-order valence-corrected chi connectivity index (χ0v) is 35.6. The maximum atomic E-state index is 4.65. The molecule has 14 heteroatoms. The molecule has 4 aromatic carbocycles. The van der Waals surface area contributed by atoms with Gasteiger partial charge in [-0.05, 0) is 95.4 Å². The molecule has 0 amide bonds. The van der Waals surface area contributed by atoms with Crippen LogP contribution in [0, 0.1) is 0 Å². The molecule has 2 N–H and O–H groups in total. The van der Waals surface area contributed by atoms with E-state index in [0.29, 0.717) is 12.1 Å². The largest absolute Gasteiger partial charge is 0.380 e. The Morgan fingerprint density at radius 1 is 0.516 bits per heavy atom. The Balaban J connectivity index is 0.000000143. The molecule has 0 bridgehead atoms. The van der Waals surface area contributed by atoms with Crippen LogP contribution in [-0.2, 0) is 14.1 Å². The number of benzene rings is 4. The molecule has 2 atom stereocenters. The van der Waals surface area contributed by atoms with Gasteiger partial charge < -0.3 is 29.6 Å². The van der Waals surface area contributed by atoms with Crippen LogP contribution < -0.4 is 20.4 Å². The van der Waals surface area contributed by atoms with Crippen molar-refractivity contribution in [2.75, 3.05) is 46.6 Å². The van der Waals surface area contributed by atoms with Crippen LogP contribution in [0.1, 0.15) is 12.8 Å². The lowest BCUT2D eigenvalue weighted by Gasteiger charge is -2.19. The summed E-state index contributed by atoms with van der Waals surface area (Å²) in [5.74, 6) is 1.77. The minimum absolute atomic E-state index is 0.316. The minimum Gasteiger partial charge on any atom is -0.380 e. The smallest absolute Gasteiger partial charge is 0.225 e. The predicted molar refractivity (Wildman–Crippen MR) is 255 cm³/mol. The van der Waals surface area contributed by atoms with Gasteiger partial charge >= 0.3 is 0 Å². The molecule has 8 heterocycles. The van der Waals surface area contributed by atoms with E-state index in [2.05, 4.69) is 169 Å². The molecule has 0 radical (unpaired) electrons. The maximum Gasteiger partial charge on any atom is 0.225 e. The highest BCUT2D eigenvalue weighted by Crippen LogP contribution is 2.35. The molecule has 10 aromatic rings. The Bertz CT molecular complexity index is 3040. The zero-order valence-electron chi connectivity index (χ0n) is 35.6. The van der Waals surface area contributed by atoms with Crippen molar-refractivity contribution in [2.45, 2.75) is 24.9 Å². The van der Waals surface area contributed by atoms with Gasteiger partial charge in [0.15, 0.2) is 0 Å². The summed E-state index contributed by atoms with van der Waals surface area (Å²) >= 11 is 0. The lowest BCUT2D eigenvalue weighted by atomic mass is 10.0. The molecule has 0 spiro atoms. The number of fused-ring (bicyclic) bond motifs is 4. The lowest BCUT2D eigenvalue weighted by Crippen LogP contribution is -2.27. The number of nitrogens with one attached hydrogen (secondary N) is 2. The van der Waals surface area contributed by atoms with Gasteiger partial charge in [-0.25, -0.2) is 19.9 Å². The molecule has 2 aliphatic heterocycles. The molecular formula is C50H46N14. The van der Waals surface area contributed by atoms with Crippen LogP contribution in [0.15, 0.2) is 147 Å². The SMILES string of the molecule is Cn1ccc2ccc(-c3cc(N[C@H]4CCN(c5ccncn5)C4)cc4nccnc34)cc21.Cn1ccc2ccc(-c3cc(N[C@H]4CCN(c5ncccn5)C4)cc4nccnc34)cc21. The number of aryl methyl sites for hydroxylation is 2. The number of aromatic nitrogens is 10. The molecule has 14 nitrogen and oxygen atoms in total. The molecule has 0 saturated carbocycles. The van der Waals surface area contributed by atoms with Crippen molar-refractivity contribution in [2.24, 2.45) is 14.1 Å². The fourth-order valence-corrected chi connectivity index (χ4v) is 9.16. The molecule has 316 valence electrons. The number of rotatable bonds is 8. The van der Waals surface area contributed by atoms with Gasteiger partial charge in [0.25, 0.3) is 0 Å². The van der Waals surface area contributed by atoms with E-state index in [1.165, 1.54) is 21.8 Å². The van der Waals surface area contributed by atoms with Crippen LogP contribution >= 0.6 is 0 Å². The highest BCUT2D eigenvalue weighted by molar-refractivity contribution is 5.98. The Labute approximate surface area is 369 Å². The maximum absolute atomic E-state index is 4.65. The Hall–Kier alpha value is -8.00. The van der Waals surface area contributed by atoms with E-state index >= 15 is 0 Å². The fraction of sp³-hybridized carbons (Fsp3) is 0.200. The number of nitrogens with zero attached hydrogens (tertiary/aromatic N) is 12. The summed E-state index contributed by atoms with van der Waals surface area (Å²) in [5.41, 5.74) is 12.6. The summed E-state index contributed by atoms with van der Waals surface area (Å²) in [4.78, 5) is 40.2. The first-order valence-electron chi connectivity index (χ1n) is 21.7. The summed E-state index contributed by atoms with van der Waals surface area (Å²) in [6.07, 6.45) is 20.3. The summed E-state index contributed by atoms with van der Waals surface area (Å²) in [7, 11) is 4.15. The highest BCUT2D eigenvalue weighted by Gasteiger charge is 2.26. The lowest BCUT2D eigenvalue weighted by molar-refractivity contribution is 0.804. The van der Waals surface area contributed by atoms with Crippen molar-refractivity contribution in [3.8, 4) is 22.3 Å². The standard InChI is InChI=1S/2C25H23N7/c1-31-11-5-17-3-4-18(13-23(17)31)21-14-20(15-22-24(21)27-10-9-26-22)30-19-6-12-32(16-19)25-28-7-2-8-29-25;1-31-10-5-17-2-3-18(12-23(17)31)21-13-20(14-22-25(21)28-9-8-27-22)30-19-6-11-32(15-19)24-4-7-26-16-29-24/h2-5,7-11,13-15,19,30H,6,12,16H2,1H3;2-5,7-10,12-14,16,19,30H,6,11,15H2,1H3/t2*19-/m00/s1. The first-order valence-corrected chi connectivity index (χ1v) is 21.7. The quantitative estimate of drug-likeness (QED) is 0.151. The molecule has 2 fully saturated rings. The second-order valence-corrected chi connectivity index (χ2v) is 16.6. The summed E-state index contributed by atoms with van der Waals surface area (Å²) in [6, 6.07) is 30.5. The van der Waals surface area contributed by atoms with Crippen LogP contribution in [0.3, 0.4) is 0 Å². The molecule has 0 unspecified atom stereocenters. The zero-order chi connectivity index (χ0) is 43.0. The Morgan fingerprint density at radius 2 is 1.06 bits per heavy atom. The Morgan fingerprint density at radius 3 is 1.62 bits per heavy atom. The molecule has 6 aromatic heterocycles. The van der Waals surface area contributed by atoms with Crippen molar-refractivity contribution in [1.29, 1.82) is 0 Å². The van der Waals surface area contributed by atoms with Crippen molar-refractivity contribution >= 4 is 67.0 Å². The van der Waals surface area contributed by atoms with Gasteiger partial charge in [0.2, 0.25) is 5.95 Å². The average Bonchev–Trinajstić information content (AvgIpc) is 4.17. The van der Waals surface area contributed by atoms with E-state index in [4.69, 9.17) is 0 Å². The fourth-order valence-electron chi connectivity index (χ4n) is 9.16. The van der Waals surface area contributed by atoms with Crippen LogP contribution in [0.25, 0.3) is 66.1 Å². The highest BCUT2D eigenvalue weighted by atomic mass is 15.3. The van der Waals surface area contributed by atoms with Gasteiger partial charge in [0.1, 0.15) is 12.1 Å². The molecule has 0 aliphatic carbocycles. The van der Waals surface area contributed by atoms with Crippen LogP contribution in [0.4, 0.5) is 23.1 Å². The molecule has 2 saturated heterocycles. The molecule has 64 heavy (non-hydrogen) atoms. The topological polar surface area (TPSA) is 144 Å². The van der Waals surface area contributed by atoms with Gasteiger partial charge in [-0.2, -0.15) is 0 Å². The van der Waals surface area contributed by atoms with E-state index < -0.39 is 0 Å². The van der Waals surface area contributed by atoms with Crippen molar-refractivity contribution in [3.63, 3.8) is 0 Å².